The van der Waals surface area contributed by atoms with Crippen LogP contribution in [0.2, 0.25) is 0 Å². The second-order valence-corrected chi connectivity index (χ2v) is 8.58. The summed E-state index contributed by atoms with van der Waals surface area (Å²) in [7, 11) is 0. The summed E-state index contributed by atoms with van der Waals surface area (Å²) >= 11 is 6.85. The van der Waals surface area contributed by atoms with E-state index >= 15 is 0 Å². The van der Waals surface area contributed by atoms with Gasteiger partial charge in [-0.2, -0.15) is 0 Å². The van der Waals surface area contributed by atoms with Crippen LogP contribution in [-0.2, 0) is 6.54 Å². The van der Waals surface area contributed by atoms with Gasteiger partial charge in [0.25, 0.3) is 5.91 Å². The summed E-state index contributed by atoms with van der Waals surface area (Å²) < 4.78 is 17.3. The fourth-order valence-corrected chi connectivity index (χ4v) is 3.78. The number of amides is 1. The first kappa shape index (κ1) is 17.6. The summed E-state index contributed by atoms with van der Waals surface area (Å²) in [5, 5.41) is 4.56. The smallest absolute Gasteiger partial charge is 0.272 e. The van der Waals surface area contributed by atoms with Crippen LogP contribution in [0.5, 0.6) is 0 Å². The van der Waals surface area contributed by atoms with E-state index in [4.69, 9.17) is 0 Å². The number of carbonyl (C=O) groups is 1. The normalized spacial score (nSPS) is 10.8. The van der Waals surface area contributed by atoms with Crippen LogP contribution >= 0.6 is 49.9 Å². The minimum absolute atomic E-state index is 0.169. The monoisotopic (exact) mass is 519 g/mol. The molecule has 0 atom stereocenters. The number of carbonyl (C=O) groups excluding carboxylic acids is 1. The van der Waals surface area contributed by atoms with E-state index in [1.165, 1.54) is 17.4 Å². The Hall–Kier alpha value is -1.26. The fraction of sp³-hybridized carbons (Fsp3) is 0.125. The summed E-state index contributed by atoms with van der Waals surface area (Å²) in [6, 6.07) is 6.47. The molecule has 0 unspecified atom stereocenters. The summed E-state index contributed by atoms with van der Waals surface area (Å²) in [5.41, 5.74) is 2.45. The van der Waals surface area contributed by atoms with E-state index in [-0.39, 0.29) is 11.6 Å². The SMILES string of the molecule is Cc1cc(C(=O)Nc2ccc(I)cc2F)n(Cc2csc(Br)n2)c1. The Bertz CT molecular complexity index is 909. The highest BCUT2D eigenvalue weighted by Gasteiger charge is 2.15. The van der Waals surface area contributed by atoms with Gasteiger partial charge in [-0.05, 0) is 75.3 Å². The Morgan fingerprint density at radius 3 is 2.92 bits per heavy atom. The van der Waals surface area contributed by atoms with Gasteiger partial charge in [0.1, 0.15) is 11.5 Å². The van der Waals surface area contributed by atoms with Crippen molar-refractivity contribution in [2.45, 2.75) is 13.5 Å². The van der Waals surface area contributed by atoms with Crippen molar-refractivity contribution >= 4 is 61.5 Å². The molecule has 0 aliphatic carbocycles. The highest BCUT2D eigenvalue weighted by Crippen LogP contribution is 2.20. The van der Waals surface area contributed by atoms with Gasteiger partial charge in [-0.3, -0.25) is 4.79 Å². The van der Waals surface area contributed by atoms with Gasteiger partial charge in [-0.25, -0.2) is 9.37 Å². The van der Waals surface area contributed by atoms with Crippen molar-refractivity contribution in [2.75, 3.05) is 5.32 Å². The summed E-state index contributed by atoms with van der Waals surface area (Å²) in [6.07, 6.45) is 1.88. The van der Waals surface area contributed by atoms with Gasteiger partial charge in [-0.15, -0.1) is 11.3 Å². The first-order valence-corrected chi connectivity index (χ1v) is 9.70. The Labute approximate surface area is 164 Å². The van der Waals surface area contributed by atoms with E-state index in [0.29, 0.717) is 12.2 Å². The van der Waals surface area contributed by atoms with Crippen LogP contribution < -0.4 is 5.32 Å². The second kappa shape index (κ2) is 7.32. The minimum atomic E-state index is -0.450. The topological polar surface area (TPSA) is 46.9 Å². The van der Waals surface area contributed by atoms with Crippen molar-refractivity contribution < 1.29 is 9.18 Å². The molecule has 0 fully saturated rings. The van der Waals surface area contributed by atoms with Crippen molar-refractivity contribution in [3.63, 3.8) is 0 Å². The van der Waals surface area contributed by atoms with E-state index < -0.39 is 5.82 Å². The third-order valence-electron chi connectivity index (χ3n) is 3.30. The van der Waals surface area contributed by atoms with Crippen LogP contribution in [-0.4, -0.2) is 15.5 Å². The number of benzene rings is 1. The molecule has 1 aromatic carbocycles. The minimum Gasteiger partial charge on any atom is -0.337 e. The maximum absolute atomic E-state index is 13.9. The fourth-order valence-electron chi connectivity index (χ4n) is 2.28. The number of halogens is 3. The molecular weight excluding hydrogens is 508 g/mol. The molecule has 3 rings (SSSR count). The molecule has 0 radical (unpaired) electrons. The molecule has 0 saturated carbocycles. The van der Waals surface area contributed by atoms with E-state index in [9.17, 15) is 9.18 Å². The molecule has 124 valence electrons. The van der Waals surface area contributed by atoms with Gasteiger partial charge in [0.2, 0.25) is 0 Å². The molecule has 0 spiro atoms. The maximum atomic E-state index is 13.9. The van der Waals surface area contributed by atoms with Crippen LogP contribution in [0.4, 0.5) is 10.1 Å². The summed E-state index contributed by atoms with van der Waals surface area (Å²) in [5.74, 6) is -0.800. The zero-order chi connectivity index (χ0) is 17.3. The molecule has 1 amide bonds. The molecular formula is C16H12BrFIN3OS. The summed E-state index contributed by atoms with van der Waals surface area (Å²) in [6.45, 7) is 2.39. The average Bonchev–Trinajstić information content (AvgIpc) is 3.08. The third-order valence-corrected chi connectivity index (χ3v) is 5.39. The van der Waals surface area contributed by atoms with E-state index in [1.807, 2.05) is 45.7 Å². The molecule has 0 bridgehead atoms. The van der Waals surface area contributed by atoms with Crippen molar-refractivity contribution in [3.8, 4) is 0 Å². The molecule has 0 aliphatic heterocycles. The van der Waals surface area contributed by atoms with Gasteiger partial charge in [0.15, 0.2) is 3.92 Å². The van der Waals surface area contributed by atoms with Crippen molar-refractivity contribution in [2.24, 2.45) is 0 Å². The average molecular weight is 520 g/mol. The van der Waals surface area contributed by atoms with Gasteiger partial charge in [-0.1, -0.05) is 0 Å². The van der Waals surface area contributed by atoms with Crippen molar-refractivity contribution in [3.05, 3.63) is 66.1 Å². The highest BCUT2D eigenvalue weighted by molar-refractivity contribution is 14.1. The largest absolute Gasteiger partial charge is 0.337 e. The highest BCUT2D eigenvalue weighted by atomic mass is 127. The lowest BCUT2D eigenvalue weighted by Crippen LogP contribution is -2.18. The Morgan fingerprint density at radius 2 is 2.25 bits per heavy atom. The molecule has 1 N–H and O–H groups in total. The van der Waals surface area contributed by atoms with Crippen molar-refractivity contribution in [1.82, 2.24) is 9.55 Å². The molecule has 8 heteroatoms. The predicted molar refractivity (Wildman–Crippen MR) is 105 cm³/mol. The number of hydrogen-bond donors (Lipinski definition) is 1. The van der Waals surface area contributed by atoms with Crippen LogP contribution in [0.3, 0.4) is 0 Å². The van der Waals surface area contributed by atoms with Crippen LogP contribution in [0.1, 0.15) is 21.7 Å². The standard InChI is InChI=1S/C16H12BrFIN3OS/c1-9-4-14(22(6-9)7-11-8-24-16(17)20-11)15(23)21-13-3-2-10(19)5-12(13)18/h2-6,8H,7H2,1H3,(H,21,23). The summed E-state index contributed by atoms with van der Waals surface area (Å²) in [4.78, 5) is 16.9. The van der Waals surface area contributed by atoms with E-state index in [2.05, 4.69) is 26.2 Å². The number of thiazole rings is 1. The Kier molecular flexibility index (Phi) is 5.36. The Morgan fingerprint density at radius 1 is 1.46 bits per heavy atom. The molecule has 2 heterocycles. The van der Waals surface area contributed by atoms with Gasteiger partial charge in [0.05, 0.1) is 17.9 Å². The quantitative estimate of drug-likeness (QED) is 0.490. The number of anilines is 1. The zero-order valence-corrected chi connectivity index (χ0v) is 17.1. The van der Waals surface area contributed by atoms with Crippen molar-refractivity contribution in [1.29, 1.82) is 0 Å². The first-order valence-electron chi connectivity index (χ1n) is 6.95. The van der Waals surface area contributed by atoms with Gasteiger partial charge >= 0.3 is 0 Å². The first-order chi connectivity index (χ1) is 11.4. The van der Waals surface area contributed by atoms with E-state index in [1.54, 1.807) is 18.2 Å². The molecule has 24 heavy (non-hydrogen) atoms. The molecule has 0 saturated heterocycles. The number of nitrogens with one attached hydrogen (secondary N) is 1. The zero-order valence-electron chi connectivity index (χ0n) is 12.5. The number of rotatable bonds is 4. The predicted octanol–water partition coefficient (Wildman–Crippen LogP) is 5.06. The van der Waals surface area contributed by atoms with Crippen LogP contribution in [0, 0.1) is 16.3 Å². The molecule has 2 aromatic heterocycles. The second-order valence-electron chi connectivity index (χ2n) is 5.20. The van der Waals surface area contributed by atoms with Gasteiger partial charge < -0.3 is 9.88 Å². The van der Waals surface area contributed by atoms with Crippen LogP contribution in [0.15, 0.2) is 39.8 Å². The number of hydrogen-bond acceptors (Lipinski definition) is 3. The van der Waals surface area contributed by atoms with Crippen LogP contribution in [0.25, 0.3) is 0 Å². The lowest BCUT2D eigenvalue weighted by Gasteiger charge is -2.09. The lowest BCUT2D eigenvalue weighted by molar-refractivity contribution is 0.101. The number of aryl methyl sites for hydroxylation is 1. The third kappa shape index (κ3) is 4.04. The molecule has 4 nitrogen and oxygen atoms in total. The maximum Gasteiger partial charge on any atom is 0.272 e. The number of nitrogens with zero attached hydrogens (tertiary/aromatic N) is 2. The Balaban J connectivity index is 1.84. The lowest BCUT2D eigenvalue weighted by atomic mass is 10.3. The molecule has 3 aromatic rings. The number of aromatic nitrogens is 2. The van der Waals surface area contributed by atoms with E-state index in [0.717, 1.165) is 18.7 Å². The van der Waals surface area contributed by atoms with Gasteiger partial charge in [0, 0.05) is 15.1 Å². The molecule has 0 aliphatic rings.